The maximum Gasteiger partial charge on any atom is 0.295 e. The van der Waals surface area contributed by atoms with E-state index in [0.717, 1.165) is 0 Å². The molecule has 0 unspecified atom stereocenters. The van der Waals surface area contributed by atoms with E-state index in [2.05, 4.69) is 4.98 Å². The lowest BCUT2D eigenvalue weighted by Gasteiger charge is -2.25. The molecular formula is C25H23Cl2N3O4. The summed E-state index contributed by atoms with van der Waals surface area (Å²) in [5.74, 6) is -1.23. The topological polar surface area (TPSA) is 84.7 Å². The number of nitrogens with zero attached hydrogens (tertiary/aromatic N) is 3. The fourth-order valence-electron chi connectivity index (χ4n) is 4.02. The van der Waals surface area contributed by atoms with Gasteiger partial charge in [0.05, 0.1) is 29.6 Å². The summed E-state index contributed by atoms with van der Waals surface area (Å²) < 4.78 is 7.35. The van der Waals surface area contributed by atoms with E-state index < -0.39 is 17.7 Å². The number of likely N-dealkylation sites (tertiary alicyclic amines) is 1. The normalized spacial score (nSPS) is 17.4. The van der Waals surface area contributed by atoms with Gasteiger partial charge < -0.3 is 19.3 Å². The Labute approximate surface area is 207 Å². The van der Waals surface area contributed by atoms with Gasteiger partial charge in [-0.1, -0.05) is 35.3 Å². The number of aromatic nitrogens is 2. The number of hydrogen-bond acceptors (Lipinski definition) is 5. The Morgan fingerprint density at radius 2 is 1.88 bits per heavy atom. The van der Waals surface area contributed by atoms with Crippen molar-refractivity contribution in [3.63, 3.8) is 0 Å². The van der Waals surface area contributed by atoms with Gasteiger partial charge in [-0.2, -0.15) is 0 Å². The number of aliphatic hydroxyl groups is 1. The maximum absolute atomic E-state index is 13.1. The number of ether oxygens (including phenoxy) is 1. The molecule has 1 aromatic heterocycles. The number of amides is 1. The van der Waals surface area contributed by atoms with E-state index in [1.807, 2.05) is 17.7 Å². The van der Waals surface area contributed by atoms with Gasteiger partial charge in [0.1, 0.15) is 11.5 Å². The Bertz CT molecular complexity index is 1220. The highest BCUT2D eigenvalue weighted by molar-refractivity contribution is 6.46. The van der Waals surface area contributed by atoms with E-state index in [4.69, 9.17) is 27.9 Å². The fourth-order valence-corrected chi connectivity index (χ4v) is 4.38. The van der Waals surface area contributed by atoms with Gasteiger partial charge in [0, 0.05) is 36.1 Å². The number of imidazole rings is 1. The fraction of sp³-hybridized carbons (Fsp3) is 0.240. The quantitative estimate of drug-likeness (QED) is 0.264. The largest absolute Gasteiger partial charge is 0.507 e. The summed E-state index contributed by atoms with van der Waals surface area (Å²) in [6, 6.07) is 10.9. The van der Waals surface area contributed by atoms with Crippen molar-refractivity contribution in [2.75, 3.05) is 13.2 Å². The second kappa shape index (κ2) is 10.3. The van der Waals surface area contributed by atoms with Crippen molar-refractivity contribution in [3.05, 3.63) is 87.9 Å². The molecule has 2 heterocycles. The smallest absolute Gasteiger partial charge is 0.295 e. The number of aryl methyl sites for hydroxylation is 1. The standard InChI is InChI=1S/C25H23Cl2N3O4/c1-2-34-20-9-6-17(14-19(20)27)23(31)21-22(16-4-7-18(26)8-5-16)30(25(33)24(21)32)12-3-11-29-13-10-28-15-29/h4-10,13-15,22,31H,2-3,11-12H2,1H3/t22-/m0/s1. The maximum atomic E-state index is 13.1. The molecule has 3 aromatic rings. The zero-order chi connectivity index (χ0) is 24.2. The number of carbonyl (C=O) groups excluding carboxylic acids is 2. The Morgan fingerprint density at radius 1 is 1.12 bits per heavy atom. The van der Waals surface area contributed by atoms with Crippen LogP contribution in [0.4, 0.5) is 0 Å². The minimum Gasteiger partial charge on any atom is -0.507 e. The van der Waals surface area contributed by atoms with Gasteiger partial charge in [-0.15, -0.1) is 0 Å². The summed E-state index contributed by atoms with van der Waals surface area (Å²) in [5, 5.41) is 12.0. The number of carbonyl (C=O) groups is 2. The minimum atomic E-state index is -0.759. The van der Waals surface area contributed by atoms with Crippen LogP contribution in [0.5, 0.6) is 5.75 Å². The van der Waals surface area contributed by atoms with E-state index in [0.29, 0.717) is 53.0 Å². The molecule has 1 aliphatic rings. The van der Waals surface area contributed by atoms with Crippen molar-refractivity contribution in [3.8, 4) is 5.75 Å². The zero-order valence-electron chi connectivity index (χ0n) is 18.4. The van der Waals surface area contributed by atoms with Crippen LogP contribution in [0.3, 0.4) is 0 Å². The van der Waals surface area contributed by atoms with Gasteiger partial charge in [-0.25, -0.2) is 4.98 Å². The van der Waals surface area contributed by atoms with Crippen LogP contribution in [0, 0.1) is 0 Å². The van der Waals surface area contributed by atoms with Crippen LogP contribution in [0.15, 0.2) is 66.8 Å². The van der Waals surface area contributed by atoms with Crippen molar-refractivity contribution in [2.45, 2.75) is 25.9 Å². The zero-order valence-corrected chi connectivity index (χ0v) is 20.0. The van der Waals surface area contributed by atoms with Crippen LogP contribution < -0.4 is 4.74 Å². The molecule has 0 aliphatic carbocycles. The van der Waals surface area contributed by atoms with Gasteiger partial charge in [-0.3, -0.25) is 9.59 Å². The number of hydrogen-bond donors (Lipinski definition) is 1. The van der Waals surface area contributed by atoms with Crippen molar-refractivity contribution >= 4 is 40.7 Å². The van der Waals surface area contributed by atoms with Crippen LogP contribution in [0.2, 0.25) is 10.0 Å². The molecular weight excluding hydrogens is 477 g/mol. The van der Waals surface area contributed by atoms with Gasteiger partial charge in [-0.05, 0) is 49.2 Å². The lowest BCUT2D eigenvalue weighted by molar-refractivity contribution is -0.139. The van der Waals surface area contributed by atoms with Gasteiger partial charge in [0.15, 0.2) is 0 Å². The first kappa shape index (κ1) is 23.9. The summed E-state index contributed by atoms with van der Waals surface area (Å²) in [6.07, 6.45) is 5.81. The molecule has 9 heteroatoms. The van der Waals surface area contributed by atoms with Gasteiger partial charge in [0.2, 0.25) is 0 Å². The minimum absolute atomic E-state index is 0.00943. The first-order valence-electron chi connectivity index (χ1n) is 10.8. The van der Waals surface area contributed by atoms with Crippen LogP contribution in [-0.2, 0) is 16.1 Å². The van der Waals surface area contributed by atoms with Crippen molar-refractivity contribution in [1.82, 2.24) is 14.5 Å². The second-order valence-electron chi connectivity index (χ2n) is 7.78. The molecule has 0 radical (unpaired) electrons. The molecule has 4 rings (SSSR count). The van der Waals surface area contributed by atoms with E-state index in [9.17, 15) is 14.7 Å². The third-order valence-electron chi connectivity index (χ3n) is 5.61. The molecule has 176 valence electrons. The number of Topliss-reactive ketones (excluding diaryl/α,β-unsaturated/α-hetero) is 1. The number of ketones is 1. The molecule has 2 aromatic carbocycles. The Morgan fingerprint density at radius 3 is 2.53 bits per heavy atom. The van der Waals surface area contributed by atoms with Crippen molar-refractivity contribution in [2.24, 2.45) is 0 Å². The molecule has 1 aliphatic heterocycles. The van der Waals surface area contributed by atoms with Crippen LogP contribution in [-0.4, -0.2) is 44.4 Å². The second-order valence-corrected chi connectivity index (χ2v) is 8.62. The van der Waals surface area contributed by atoms with E-state index in [-0.39, 0.29) is 11.3 Å². The monoisotopic (exact) mass is 499 g/mol. The van der Waals surface area contributed by atoms with E-state index >= 15 is 0 Å². The number of halogens is 2. The molecule has 1 fully saturated rings. The van der Waals surface area contributed by atoms with Crippen LogP contribution >= 0.6 is 23.2 Å². The lowest BCUT2D eigenvalue weighted by atomic mass is 9.95. The van der Waals surface area contributed by atoms with E-state index in [1.54, 1.807) is 48.9 Å². The highest BCUT2D eigenvalue weighted by Gasteiger charge is 2.45. The number of aliphatic hydroxyl groups excluding tert-OH is 1. The third-order valence-corrected chi connectivity index (χ3v) is 6.15. The molecule has 34 heavy (non-hydrogen) atoms. The average Bonchev–Trinajstić information content (AvgIpc) is 3.43. The highest BCUT2D eigenvalue weighted by atomic mass is 35.5. The van der Waals surface area contributed by atoms with Gasteiger partial charge in [0.25, 0.3) is 11.7 Å². The van der Waals surface area contributed by atoms with Crippen molar-refractivity contribution in [1.29, 1.82) is 0 Å². The Balaban J connectivity index is 1.73. The molecule has 1 saturated heterocycles. The Hall–Kier alpha value is -3.29. The highest BCUT2D eigenvalue weighted by Crippen LogP contribution is 2.40. The average molecular weight is 500 g/mol. The van der Waals surface area contributed by atoms with Crippen molar-refractivity contribution < 1.29 is 19.4 Å². The predicted octanol–water partition coefficient (Wildman–Crippen LogP) is 5.10. The summed E-state index contributed by atoms with van der Waals surface area (Å²) in [6.45, 7) is 3.22. The molecule has 0 spiro atoms. The van der Waals surface area contributed by atoms with Crippen LogP contribution in [0.25, 0.3) is 5.76 Å². The number of rotatable bonds is 8. The summed E-state index contributed by atoms with van der Waals surface area (Å²) >= 11 is 12.4. The van der Waals surface area contributed by atoms with E-state index in [1.165, 1.54) is 11.0 Å². The van der Waals surface area contributed by atoms with Gasteiger partial charge >= 0.3 is 0 Å². The summed E-state index contributed by atoms with van der Waals surface area (Å²) in [5.41, 5.74) is 1.00. The van der Waals surface area contributed by atoms with Crippen LogP contribution in [0.1, 0.15) is 30.5 Å². The molecule has 1 atom stereocenters. The first-order valence-corrected chi connectivity index (χ1v) is 11.6. The summed E-state index contributed by atoms with van der Waals surface area (Å²) in [7, 11) is 0. The predicted molar refractivity (Wildman–Crippen MR) is 130 cm³/mol. The molecule has 0 saturated carbocycles. The molecule has 0 bridgehead atoms. The molecule has 1 N–H and O–H groups in total. The molecule has 1 amide bonds. The molecule has 7 nitrogen and oxygen atoms in total. The number of benzene rings is 2. The third kappa shape index (κ3) is 4.81. The summed E-state index contributed by atoms with van der Waals surface area (Å²) in [4.78, 5) is 31.7. The Kier molecular flexibility index (Phi) is 7.24. The first-order chi connectivity index (χ1) is 16.4. The lowest BCUT2D eigenvalue weighted by Crippen LogP contribution is -2.31. The SMILES string of the molecule is CCOc1ccc(C(O)=C2C(=O)C(=O)N(CCCn3ccnc3)[C@H]2c2ccc(Cl)cc2)cc1Cl.